The fourth-order valence-electron chi connectivity index (χ4n) is 1.60. The standard InChI is InChI=1S/C13H10BF4O.K/c15-13-7-6-11(8-12(13)14(16,17)18)19-9-10-4-2-1-3-5-10;/h1-8H,9H2;/q-1;+1. The molecule has 0 aliphatic heterocycles. The van der Waals surface area contributed by atoms with Crippen molar-refractivity contribution >= 4 is 12.4 Å². The predicted molar refractivity (Wildman–Crippen MR) is 65.9 cm³/mol. The van der Waals surface area contributed by atoms with Crippen LogP contribution in [0.25, 0.3) is 0 Å². The van der Waals surface area contributed by atoms with Gasteiger partial charge in [0.05, 0.1) is 5.82 Å². The monoisotopic (exact) mass is 308 g/mol. The summed E-state index contributed by atoms with van der Waals surface area (Å²) in [5, 5.41) is 0. The third kappa shape index (κ3) is 4.89. The molecule has 0 radical (unpaired) electrons. The second-order valence-electron chi connectivity index (χ2n) is 4.03. The molecule has 20 heavy (non-hydrogen) atoms. The Balaban J connectivity index is 0.00000200. The molecule has 0 heterocycles. The van der Waals surface area contributed by atoms with Gasteiger partial charge in [-0.3, -0.25) is 0 Å². The normalized spacial score (nSPS) is 10.8. The zero-order valence-electron chi connectivity index (χ0n) is 10.8. The van der Waals surface area contributed by atoms with E-state index >= 15 is 0 Å². The average Bonchev–Trinajstić information content (AvgIpc) is 2.37. The average molecular weight is 308 g/mol. The Hall–Kier alpha value is -0.339. The third-order valence-electron chi connectivity index (χ3n) is 2.57. The summed E-state index contributed by atoms with van der Waals surface area (Å²) in [7, 11) is 0. The summed E-state index contributed by atoms with van der Waals surface area (Å²) in [6.07, 6.45) is 0. The number of ether oxygens (including phenoxy) is 1. The van der Waals surface area contributed by atoms with Crippen molar-refractivity contribution in [3.63, 3.8) is 0 Å². The Labute approximate surface area is 156 Å². The molecule has 0 bridgehead atoms. The van der Waals surface area contributed by atoms with Crippen LogP contribution in [-0.4, -0.2) is 6.98 Å². The Morgan fingerprint density at radius 2 is 1.60 bits per heavy atom. The Morgan fingerprint density at radius 1 is 0.950 bits per heavy atom. The molecule has 0 aliphatic carbocycles. The third-order valence-corrected chi connectivity index (χ3v) is 2.57. The van der Waals surface area contributed by atoms with Gasteiger partial charge in [0, 0.05) is 0 Å². The van der Waals surface area contributed by atoms with Gasteiger partial charge in [-0.1, -0.05) is 35.8 Å². The summed E-state index contributed by atoms with van der Waals surface area (Å²) >= 11 is 0. The van der Waals surface area contributed by atoms with Gasteiger partial charge in [-0.15, -0.1) is 0 Å². The van der Waals surface area contributed by atoms with Gasteiger partial charge in [0.2, 0.25) is 0 Å². The van der Waals surface area contributed by atoms with E-state index < -0.39 is 18.3 Å². The first-order chi connectivity index (χ1) is 8.97. The van der Waals surface area contributed by atoms with Gasteiger partial charge in [-0.25, -0.2) is 4.39 Å². The van der Waals surface area contributed by atoms with Crippen LogP contribution in [0.4, 0.5) is 17.3 Å². The van der Waals surface area contributed by atoms with Crippen LogP contribution in [0.5, 0.6) is 5.75 Å². The van der Waals surface area contributed by atoms with E-state index in [0.717, 1.165) is 11.6 Å². The molecule has 0 saturated heterocycles. The number of hydrogen-bond donors (Lipinski definition) is 0. The molecule has 0 unspecified atom stereocenters. The number of halogens is 4. The van der Waals surface area contributed by atoms with E-state index in [-0.39, 0.29) is 63.7 Å². The summed E-state index contributed by atoms with van der Waals surface area (Å²) in [6.45, 7) is -5.24. The fraction of sp³-hybridized carbons (Fsp3) is 0.0769. The molecule has 0 aromatic heterocycles. The quantitative estimate of drug-likeness (QED) is 0.589. The van der Waals surface area contributed by atoms with E-state index in [1.807, 2.05) is 6.07 Å². The Bertz CT molecular complexity index is 560. The van der Waals surface area contributed by atoms with E-state index in [4.69, 9.17) is 4.74 Å². The zero-order chi connectivity index (χ0) is 13.9. The van der Waals surface area contributed by atoms with Crippen molar-refractivity contribution in [1.82, 2.24) is 0 Å². The van der Waals surface area contributed by atoms with Crippen LogP contribution in [0.1, 0.15) is 5.56 Å². The van der Waals surface area contributed by atoms with Crippen LogP contribution in [0.15, 0.2) is 48.5 Å². The molecule has 0 atom stereocenters. The van der Waals surface area contributed by atoms with E-state index in [9.17, 15) is 17.3 Å². The smallest absolute Gasteiger partial charge is 0.489 e. The molecular weight excluding hydrogens is 298 g/mol. The molecule has 0 saturated carbocycles. The molecule has 2 rings (SSSR count). The topological polar surface area (TPSA) is 9.23 Å². The molecule has 0 fully saturated rings. The van der Waals surface area contributed by atoms with E-state index in [1.54, 1.807) is 24.3 Å². The molecule has 7 heteroatoms. The maximum atomic E-state index is 13.1. The maximum absolute atomic E-state index is 13.1. The second-order valence-corrected chi connectivity index (χ2v) is 4.03. The van der Waals surface area contributed by atoms with Crippen LogP contribution in [0.2, 0.25) is 0 Å². The van der Waals surface area contributed by atoms with Crippen molar-refractivity contribution in [3.8, 4) is 5.75 Å². The van der Waals surface area contributed by atoms with Crippen LogP contribution >= 0.6 is 0 Å². The first-order valence-corrected chi connectivity index (χ1v) is 5.63. The van der Waals surface area contributed by atoms with Crippen molar-refractivity contribution in [2.45, 2.75) is 6.61 Å². The minimum Gasteiger partial charge on any atom is -0.489 e. The Kier molecular flexibility index (Phi) is 6.74. The molecule has 1 nitrogen and oxygen atoms in total. The van der Waals surface area contributed by atoms with Crippen LogP contribution in [-0.2, 0) is 6.61 Å². The molecule has 0 N–H and O–H groups in total. The van der Waals surface area contributed by atoms with Gasteiger partial charge in [-0.2, -0.15) is 0 Å². The van der Waals surface area contributed by atoms with Crippen molar-refractivity contribution in [2.75, 3.05) is 0 Å². The number of benzene rings is 2. The fourth-order valence-corrected chi connectivity index (χ4v) is 1.60. The molecule has 2 aromatic carbocycles. The largest absolute Gasteiger partial charge is 1.00 e. The van der Waals surface area contributed by atoms with Gasteiger partial charge in [0.25, 0.3) is 0 Å². The molecular formula is C13H10BF4KO. The van der Waals surface area contributed by atoms with Crippen molar-refractivity contribution < 1.29 is 73.5 Å². The molecule has 0 amide bonds. The molecule has 100 valence electrons. The van der Waals surface area contributed by atoms with Crippen molar-refractivity contribution in [1.29, 1.82) is 0 Å². The number of hydrogen-bond acceptors (Lipinski definition) is 1. The summed E-state index contributed by atoms with van der Waals surface area (Å²) in [5.74, 6) is -1.28. The first kappa shape index (κ1) is 17.7. The van der Waals surface area contributed by atoms with Gasteiger partial charge in [0.15, 0.2) is 0 Å². The summed E-state index contributed by atoms with van der Waals surface area (Å²) in [4.78, 5) is 0. The van der Waals surface area contributed by atoms with E-state index in [0.29, 0.717) is 6.07 Å². The predicted octanol–water partition coefficient (Wildman–Crippen LogP) is 0.463. The van der Waals surface area contributed by atoms with Gasteiger partial charge < -0.3 is 17.7 Å². The maximum Gasteiger partial charge on any atom is 1.00 e. The second kappa shape index (κ2) is 7.61. The van der Waals surface area contributed by atoms with Gasteiger partial charge in [-0.05, 0) is 23.8 Å². The van der Waals surface area contributed by atoms with Gasteiger partial charge in [0.1, 0.15) is 12.4 Å². The molecule has 2 aromatic rings. The van der Waals surface area contributed by atoms with Crippen LogP contribution in [0.3, 0.4) is 0 Å². The minimum atomic E-state index is -5.38. The zero-order valence-corrected chi connectivity index (χ0v) is 13.9. The van der Waals surface area contributed by atoms with Crippen LogP contribution in [0, 0.1) is 5.82 Å². The van der Waals surface area contributed by atoms with Crippen molar-refractivity contribution in [2.24, 2.45) is 0 Å². The number of rotatable bonds is 4. The van der Waals surface area contributed by atoms with Crippen LogP contribution < -0.4 is 61.6 Å². The minimum absolute atomic E-state index is 0. The summed E-state index contributed by atoms with van der Waals surface area (Å²) in [5.41, 5.74) is -0.434. The molecule has 0 aliphatic rings. The van der Waals surface area contributed by atoms with E-state index in [2.05, 4.69) is 0 Å². The van der Waals surface area contributed by atoms with Crippen molar-refractivity contribution in [3.05, 3.63) is 59.9 Å². The first-order valence-electron chi connectivity index (χ1n) is 5.63. The van der Waals surface area contributed by atoms with E-state index in [1.165, 1.54) is 6.07 Å². The Morgan fingerprint density at radius 3 is 2.20 bits per heavy atom. The summed E-state index contributed by atoms with van der Waals surface area (Å²) in [6, 6.07) is 11.6. The summed E-state index contributed by atoms with van der Waals surface area (Å²) < 4.78 is 56.0. The SMILES string of the molecule is Fc1ccc(OCc2ccccc2)cc1[B-](F)(F)F.[K+]. The molecule has 0 spiro atoms. The van der Waals surface area contributed by atoms with Gasteiger partial charge >= 0.3 is 58.4 Å².